The molecule has 6 rings (SSSR count). The number of aromatic hydroxyl groups is 1. The first-order valence-corrected chi connectivity index (χ1v) is 29.3. The molecule has 2 heterocycles. The number of aryl methyl sites for hydroxylation is 1. The SMILES string of the molecule is CCCCCOc1ccc(-c2ccc(-c3ccc(C(=O)NCC(=O)NC(CC)C(=O)N4CCCC4C(=O)NC(CCc4ccc(O)cc4)C(=O)NC(CC)C(=O)N4C[C@H](C)CC4C(=O)NC(NCCOCCOC)[C@@H](C)O)cc3)cc2)cc1. The molecule has 8 atom stereocenters. The molecule has 2 aliphatic heterocycles. The van der Waals surface area contributed by atoms with E-state index in [1.165, 1.54) is 28.9 Å². The van der Waals surface area contributed by atoms with Crippen molar-refractivity contribution in [1.29, 1.82) is 0 Å². The maximum Gasteiger partial charge on any atom is 0.251 e. The Kier molecular flexibility index (Phi) is 25.8. The molecule has 2 saturated heterocycles. The van der Waals surface area contributed by atoms with Crippen molar-refractivity contribution in [2.24, 2.45) is 5.92 Å². The standard InChI is InChI=1S/C63H86N8O12/c1-7-10-11-34-83-50-29-25-47(26-30-50)45-19-17-44(18-20-45)46-21-23-48(24-22-46)58(75)65-39-56(74)66-51(8-2)62(79)70-33-12-13-54(70)60(77)68-53(31-16-43-14-27-49(73)28-15-43)59(76)67-52(9-3)63(80)71-40-41(4)38-55(71)61(78)69-57(42(5)72)64-32-35-82-37-36-81-6/h14-15,17-30,41-42,51-55,57,64,72-73H,7-13,16,31-40H2,1-6H3,(H,65,75)(H,66,74)(H,67,76)(H,68,77)(H,69,78)/t41-,42-,51?,52?,53?,54?,55?,57?/m1/s1. The molecule has 4 aromatic rings. The number of nitrogens with zero attached hydrogens (tertiary/aromatic N) is 2. The highest BCUT2D eigenvalue weighted by atomic mass is 16.5. The van der Waals surface area contributed by atoms with E-state index in [2.05, 4.69) is 38.8 Å². The van der Waals surface area contributed by atoms with Crippen molar-refractivity contribution >= 4 is 41.4 Å². The van der Waals surface area contributed by atoms with Gasteiger partial charge in [-0.1, -0.05) is 101 Å². The minimum absolute atomic E-state index is 0.0480. The number of aliphatic hydroxyl groups is 1. The Hall–Kier alpha value is -7.39. The molecule has 8 N–H and O–H groups in total. The Bertz CT molecular complexity index is 2730. The zero-order valence-corrected chi connectivity index (χ0v) is 49.0. The number of amides is 7. The van der Waals surface area contributed by atoms with Gasteiger partial charge in [0.2, 0.25) is 35.4 Å². The van der Waals surface area contributed by atoms with Gasteiger partial charge in [-0.05, 0) is 128 Å². The van der Waals surface area contributed by atoms with Crippen LogP contribution in [0.5, 0.6) is 11.5 Å². The molecule has 0 spiro atoms. The third kappa shape index (κ3) is 19.3. The van der Waals surface area contributed by atoms with E-state index >= 15 is 0 Å². The van der Waals surface area contributed by atoms with Crippen molar-refractivity contribution < 1.29 is 58.0 Å². The molecule has 6 unspecified atom stereocenters. The van der Waals surface area contributed by atoms with E-state index < -0.39 is 90.4 Å². The van der Waals surface area contributed by atoms with Gasteiger partial charge in [0, 0.05) is 32.3 Å². The lowest BCUT2D eigenvalue weighted by Crippen LogP contribution is -2.60. The zero-order valence-electron chi connectivity index (χ0n) is 49.0. The molecule has 83 heavy (non-hydrogen) atoms. The van der Waals surface area contributed by atoms with Crippen LogP contribution in [-0.4, -0.2) is 164 Å². The van der Waals surface area contributed by atoms with Crippen LogP contribution >= 0.6 is 0 Å². The molecule has 2 fully saturated rings. The van der Waals surface area contributed by atoms with Crippen LogP contribution in [0.4, 0.5) is 0 Å². The van der Waals surface area contributed by atoms with E-state index in [1.54, 1.807) is 45.2 Å². The highest BCUT2D eigenvalue weighted by Gasteiger charge is 2.42. The van der Waals surface area contributed by atoms with E-state index in [9.17, 15) is 43.8 Å². The van der Waals surface area contributed by atoms with Crippen LogP contribution in [0.2, 0.25) is 0 Å². The van der Waals surface area contributed by atoms with Gasteiger partial charge < -0.3 is 60.8 Å². The summed E-state index contributed by atoms with van der Waals surface area (Å²) < 4.78 is 16.3. The van der Waals surface area contributed by atoms with Crippen LogP contribution in [0.3, 0.4) is 0 Å². The molecule has 0 aliphatic carbocycles. The van der Waals surface area contributed by atoms with Crippen LogP contribution < -0.4 is 36.6 Å². The molecule has 20 heteroatoms. The average Bonchev–Trinajstić information content (AvgIpc) is 4.40. The number of hydrogen-bond acceptors (Lipinski definition) is 13. The number of carbonyl (C=O) groups is 7. The summed E-state index contributed by atoms with van der Waals surface area (Å²) in [6.07, 6.45) is 3.39. The highest BCUT2D eigenvalue weighted by Crippen LogP contribution is 2.28. The second-order valence-corrected chi connectivity index (χ2v) is 21.5. The molecule has 20 nitrogen and oxygen atoms in total. The number of nitrogens with one attached hydrogen (secondary N) is 6. The average molecular weight is 1150 g/mol. The Labute approximate surface area is 488 Å². The van der Waals surface area contributed by atoms with Gasteiger partial charge in [0.1, 0.15) is 47.9 Å². The monoisotopic (exact) mass is 1150 g/mol. The summed E-state index contributed by atoms with van der Waals surface area (Å²) in [4.78, 5) is 100. The van der Waals surface area contributed by atoms with Crippen molar-refractivity contribution in [2.45, 2.75) is 141 Å². The molecular weight excluding hydrogens is 1060 g/mol. The summed E-state index contributed by atoms with van der Waals surface area (Å²) in [5.74, 6) is -2.87. The van der Waals surface area contributed by atoms with Gasteiger partial charge in [-0.2, -0.15) is 0 Å². The lowest BCUT2D eigenvalue weighted by Gasteiger charge is -2.32. The van der Waals surface area contributed by atoms with Crippen molar-refractivity contribution in [2.75, 3.05) is 59.7 Å². The number of ether oxygens (including phenoxy) is 3. The van der Waals surface area contributed by atoms with Crippen molar-refractivity contribution in [1.82, 2.24) is 41.7 Å². The smallest absolute Gasteiger partial charge is 0.251 e. The van der Waals surface area contributed by atoms with Crippen molar-refractivity contribution in [3.05, 3.63) is 108 Å². The molecule has 0 radical (unpaired) electrons. The van der Waals surface area contributed by atoms with Gasteiger partial charge in [-0.25, -0.2) is 0 Å². The van der Waals surface area contributed by atoms with E-state index in [1.807, 2.05) is 67.6 Å². The second-order valence-electron chi connectivity index (χ2n) is 21.5. The Morgan fingerprint density at radius 3 is 1.89 bits per heavy atom. The van der Waals surface area contributed by atoms with Gasteiger partial charge in [-0.3, -0.25) is 38.9 Å². The maximum atomic E-state index is 14.4. The second kappa shape index (κ2) is 33.0. The predicted molar refractivity (Wildman–Crippen MR) is 316 cm³/mol. The number of carbonyl (C=O) groups excluding carboxylic acids is 7. The lowest BCUT2D eigenvalue weighted by molar-refractivity contribution is -0.143. The number of likely N-dealkylation sites (tertiary alicyclic amines) is 2. The summed E-state index contributed by atoms with van der Waals surface area (Å²) in [6, 6.07) is 24.5. The Morgan fingerprint density at radius 1 is 0.675 bits per heavy atom. The maximum absolute atomic E-state index is 14.4. The third-order valence-corrected chi connectivity index (χ3v) is 15.1. The molecule has 2 aliphatic rings. The topological polar surface area (TPSA) is 266 Å². The number of phenols is 1. The fourth-order valence-electron chi connectivity index (χ4n) is 10.3. The van der Waals surface area contributed by atoms with Crippen LogP contribution in [0.15, 0.2) is 97.1 Å². The zero-order chi connectivity index (χ0) is 59.8. The van der Waals surface area contributed by atoms with Gasteiger partial charge in [0.25, 0.3) is 5.91 Å². The van der Waals surface area contributed by atoms with Crippen LogP contribution in [0.1, 0.15) is 108 Å². The summed E-state index contributed by atoms with van der Waals surface area (Å²) in [7, 11) is 1.57. The highest BCUT2D eigenvalue weighted by molar-refractivity contribution is 5.99. The van der Waals surface area contributed by atoms with Crippen LogP contribution in [-0.2, 0) is 44.7 Å². The first-order valence-electron chi connectivity index (χ1n) is 29.3. The number of aliphatic hydroxyl groups excluding tert-OH is 1. The quantitative estimate of drug-likeness (QED) is 0.0230. The fourth-order valence-corrected chi connectivity index (χ4v) is 10.3. The number of unbranched alkanes of at least 4 members (excludes halogenated alkanes) is 2. The van der Waals surface area contributed by atoms with Gasteiger partial charge >= 0.3 is 0 Å². The van der Waals surface area contributed by atoms with Gasteiger partial charge in [-0.15, -0.1) is 0 Å². The number of hydrogen-bond donors (Lipinski definition) is 8. The van der Waals surface area contributed by atoms with Gasteiger partial charge in [0.15, 0.2) is 0 Å². The minimum atomic E-state index is -1.17. The number of methoxy groups -OCH3 is 1. The molecule has 0 aromatic heterocycles. The molecule has 0 bridgehead atoms. The molecule has 450 valence electrons. The molecular formula is C63H86N8O12. The fraction of sp³-hybridized carbons (Fsp3) is 0.508. The lowest BCUT2D eigenvalue weighted by atomic mass is 9.99. The molecule has 0 saturated carbocycles. The normalized spacial score (nSPS) is 17.6. The first kappa shape index (κ1) is 64.8. The largest absolute Gasteiger partial charge is 0.508 e. The summed E-state index contributed by atoms with van der Waals surface area (Å²) in [5.41, 5.74) is 5.12. The predicted octanol–water partition coefficient (Wildman–Crippen LogP) is 5.24. The number of rotatable bonds is 32. The van der Waals surface area contributed by atoms with Crippen molar-refractivity contribution in [3.8, 4) is 33.8 Å². The number of phenolic OH excluding ortho intramolecular Hbond substituents is 1. The van der Waals surface area contributed by atoms with Crippen LogP contribution in [0, 0.1) is 5.92 Å². The number of benzene rings is 4. The summed E-state index contributed by atoms with van der Waals surface area (Å²) in [5, 5.41) is 37.4. The van der Waals surface area contributed by atoms with Crippen LogP contribution in [0.25, 0.3) is 22.3 Å². The minimum Gasteiger partial charge on any atom is -0.508 e. The van der Waals surface area contributed by atoms with E-state index in [-0.39, 0.29) is 44.0 Å². The summed E-state index contributed by atoms with van der Waals surface area (Å²) >= 11 is 0. The molecule has 4 aromatic carbocycles. The van der Waals surface area contributed by atoms with E-state index in [4.69, 9.17) is 14.2 Å². The third-order valence-electron chi connectivity index (χ3n) is 15.1. The van der Waals surface area contributed by atoms with E-state index in [0.29, 0.717) is 64.2 Å². The van der Waals surface area contributed by atoms with Crippen molar-refractivity contribution in [3.63, 3.8) is 0 Å². The first-order chi connectivity index (χ1) is 40.0. The molecule has 7 amide bonds. The summed E-state index contributed by atoms with van der Waals surface area (Å²) in [6.45, 7) is 11.3. The van der Waals surface area contributed by atoms with Gasteiger partial charge in [0.05, 0.1) is 39.1 Å². The Balaban J connectivity index is 1.03. The van der Waals surface area contributed by atoms with E-state index in [0.717, 1.165) is 52.8 Å². The Morgan fingerprint density at radius 2 is 1.28 bits per heavy atom.